The Balaban J connectivity index is 1.19. The molecular formula is C32H43N9O13P2S. The third kappa shape index (κ3) is 7.13. The molecule has 1 spiro atoms. The SMILES string of the molecule is CCO[P@]1(=O)OCC23C[C@@H]2[C@@H](n2cnc4c(N)ncnc42)[C@H](O)[C@@H]3O[P@](=O)(SCOC(=O)C(C)(C)C)OC[C@H]2O[C@@H](n3cnc4c(=O)[nH]c(C)nc43)[C@H](O1)[C@@H]2OC. The number of methoxy groups -OCH3 is 1. The number of carbonyl (C=O) groups is 1. The van der Waals surface area contributed by atoms with Crippen LogP contribution in [0.25, 0.3) is 22.3 Å². The van der Waals surface area contributed by atoms with E-state index in [9.17, 15) is 23.8 Å². The van der Waals surface area contributed by atoms with E-state index < -0.39 is 98.2 Å². The number of imidazole rings is 2. The highest BCUT2D eigenvalue weighted by Gasteiger charge is 2.74. The first-order chi connectivity index (χ1) is 27.0. The number of nitrogens with two attached hydrogens (primary N) is 1. The van der Waals surface area contributed by atoms with Gasteiger partial charge in [-0.25, -0.2) is 34.0 Å². The number of hydrogen-bond donors (Lipinski definition) is 3. The van der Waals surface area contributed by atoms with Crippen LogP contribution >= 0.6 is 26.0 Å². The number of aromatic amines is 1. The van der Waals surface area contributed by atoms with Crippen molar-refractivity contribution < 1.29 is 55.9 Å². The normalized spacial score (nSPS) is 35.6. The molecular weight excluding hydrogens is 812 g/mol. The summed E-state index contributed by atoms with van der Waals surface area (Å²) in [7, 11) is -3.16. The van der Waals surface area contributed by atoms with Crippen LogP contribution in [0, 0.1) is 23.7 Å². The number of aryl methyl sites for hydroxylation is 1. The zero-order valence-electron chi connectivity index (χ0n) is 31.7. The molecule has 2 saturated heterocycles. The molecule has 2 aliphatic carbocycles. The van der Waals surface area contributed by atoms with Gasteiger partial charge in [-0.3, -0.25) is 36.8 Å². The molecule has 0 aromatic carbocycles. The van der Waals surface area contributed by atoms with E-state index in [0.29, 0.717) is 34.8 Å². The van der Waals surface area contributed by atoms with Crippen molar-refractivity contribution >= 4 is 60.1 Å². The van der Waals surface area contributed by atoms with Crippen molar-refractivity contribution in [3.63, 3.8) is 0 Å². The maximum atomic E-state index is 15.0. The molecule has 310 valence electrons. The van der Waals surface area contributed by atoms with Crippen molar-refractivity contribution in [1.29, 1.82) is 0 Å². The van der Waals surface area contributed by atoms with Gasteiger partial charge in [0.15, 0.2) is 28.9 Å². The fourth-order valence-electron chi connectivity index (χ4n) is 7.81. The highest BCUT2D eigenvalue weighted by Crippen LogP contribution is 2.74. The van der Waals surface area contributed by atoms with Crippen molar-refractivity contribution in [1.82, 2.24) is 39.0 Å². The van der Waals surface area contributed by atoms with Crippen LogP contribution in [0.1, 0.15) is 52.2 Å². The third-order valence-corrected chi connectivity index (χ3v) is 15.4. The van der Waals surface area contributed by atoms with E-state index in [-0.39, 0.29) is 30.2 Å². The zero-order chi connectivity index (χ0) is 40.7. The van der Waals surface area contributed by atoms with Crippen molar-refractivity contribution in [3.8, 4) is 0 Å². The Labute approximate surface area is 328 Å². The van der Waals surface area contributed by atoms with E-state index in [1.54, 1.807) is 39.2 Å². The largest absolute Gasteiger partial charge is 0.475 e. The quantitative estimate of drug-likeness (QED) is 0.130. The summed E-state index contributed by atoms with van der Waals surface area (Å²) in [6.07, 6.45) is -2.85. The number of ether oxygens (including phenoxy) is 3. The van der Waals surface area contributed by atoms with E-state index in [1.807, 2.05) is 0 Å². The van der Waals surface area contributed by atoms with Gasteiger partial charge in [0.05, 0.1) is 43.9 Å². The van der Waals surface area contributed by atoms with Gasteiger partial charge in [0.2, 0.25) is 0 Å². The molecule has 0 amide bonds. The predicted molar refractivity (Wildman–Crippen MR) is 199 cm³/mol. The monoisotopic (exact) mass is 855 g/mol. The number of H-pyrrole nitrogens is 1. The second-order valence-corrected chi connectivity index (χ2v) is 20.9. The molecule has 22 nitrogen and oxygen atoms in total. The van der Waals surface area contributed by atoms with Gasteiger partial charge in [0.25, 0.3) is 5.56 Å². The van der Waals surface area contributed by atoms with E-state index >= 15 is 0 Å². The zero-order valence-corrected chi connectivity index (χ0v) is 34.3. The molecule has 2 bridgehead atoms. The predicted octanol–water partition coefficient (Wildman–Crippen LogP) is 3.03. The number of nitrogens with one attached hydrogen (secondary N) is 1. The molecule has 1 unspecified atom stereocenters. The number of rotatable bonds is 8. The van der Waals surface area contributed by atoms with Crippen LogP contribution in [0.3, 0.4) is 0 Å². The average Bonchev–Trinajstić information content (AvgIpc) is 3.44. The number of carbonyl (C=O) groups excluding carboxylic acids is 1. The van der Waals surface area contributed by atoms with Crippen LogP contribution < -0.4 is 11.3 Å². The first kappa shape index (κ1) is 40.4. The number of nitrogen functional groups attached to an aromatic ring is 1. The minimum atomic E-state index is -4.53. The molecule has 11 atom stereocenters. The van der Waals surface area contributed by atoms with Crippen LogP contribution in [-0.2, 0) is 50.8 Å². The van der Waals surface area contributed by atoms with Crippen molar-refractivity contribution in [3.05, 3.63) is 35.2 Å². The summed E-state index contributed by atoms with van der Waals surface area (Å²) in [5.74, 6) is -0.976. The van der Waals surface area contributed by atoms with Gasteiger partial charge in [0.1, 0.15) is 54.1 Å². The number of aromatic nitrogens is 8. The van der Waals surface area contributed by atoms with E-state index in [0.717, 1.165) is 0 Å². The highest BCUT2D eigenvalue weighted by molar-refractivity contribution is 8.55. The molecule has 4 aromatic heterocycles. The summed E-state index contributed by atoms with van der Waals surface area (Å²) in [6, 6.07) is -0.759. The van der Waals surface area contributed by atoms with Gasteiger partial charge >= 0.3 is 20.6 Å². The average molecular weight is 856 g/mol. The molecule has 4 aromatic rings. The van der Waals surface area contributed by atoms with Gasteiger partial charge in [-0.2, -0.15) is 0 Å². The number of esters is 1. The molecule has 25 heteroatoms. The lowest BCUT2D eigenvalue weighted by Crippen LogP contribution is -2.38. The summed E-state index contributed by atoms with van der Waals surface area (Å²) >= 11 is 0.607. The minimum absolute atomic E-state index is 0.00782. The van der Waals surface area contributed by atoms with Crippen molar-refractivity contribution in [2.24, 2.45) is 16.7 Å². The Morgan fingerprint density at radius 1 is 1.12 bits per heavy atom. The number of nitrogens with zero attached hydrogens (tertiary/aromatic N) is 7. The van der Waals surface area contributed by atoms with Gasteiger partial charge < -0.3 is 34.6 Å². The van der Waals surface area contributed by atoms with Crippen LogP contribution in [0.2, 0.25) is 0 Å². The lowest BCUT2D eigenvalue weighted by atomic mass is 9.98. The first-order valence-corrected chi connectivity index (χ1v) is 22.7. The second-order valence-electron chi connectivity index (χ2n) is 15.3. The molecule has 2 saturated carbocycles. The molecule has 0 radical (unpaired) electrons. The number of aliphatic hydroxyl groups is 1. The molecule has 8 rings (SSSR count). The number of anilines is 1. The van der Waals surface area contributed by atoms with E-state index in [1.165, 1.54) is 30.7 Å². The van der Waals surface area contributed by atoms with Crippen LogP contribution in [0.4, 0.5) is 5.82 Å². The Morgan fingerprint density at radius 2 is 1.88 bits per heavy atom. The number of phosphoric ester groups is 1. The number of fused-ring (bicyclic) bond motifs is 4. The number of phosphoric acid groups is 1. The maximum Gasteiger partial charge on any atom is 0.475 e. The molecule has 4 fully saturated rings. The van der Waals surface area contributed by atoms with Crippen LogP contribution in [0.5, 0.6) is 0 Å². The fraction of sp³-hybridized carbons (Fsp3) is 0.656. The molecule has 4 aliphatic rings. The Kier molecular flexibility index (Phi) is 10.5. The van der Waals surface area contributed by atoms with Gasteiger partial charge in [0, 0.05) is 23.9 Å². The smallest absolute Gasteiger partial charge is 0.454 e. The van der Waals surface area contributed by atoms with E-state index in [4.69, 9.17) is 42.6 Å². The van der Waals surface area contributed by atoms with Crippen molar-refractivity contribution in [2.45, 2.75) is 83.8 Å². The summed E-state index contributed by atoms with van der Waals surface area (Å²) in [5, 5.41) is 12.1. The van der Waals surface area contributed by atoms with Crippen LogP contribution in [0.15, 0.2) is 23.8 Å². The first-order valence-electron chi connectivity index (χ1n) is 18.1. The highest BCUT2D eigenvalue weighted by atomic mass is 32.7. The molecule has 4 N–H and O–H groups in total. The Hall–Kier alpha value is -3.34. The van der Waals surface area contributed by atoms with Crippen LogP contribution in [-0.4, -0.2) is 114 Å². The topological polar surface area (TPSA) is 278 Å². The minimum Gasteiger partial charge on any atom is -0.454 e. The third-order valence-electron chi connectivity index (χ3n) is 10.6. The van der Waals surface area contributed by atoms with Gasteiger partial charge in [-0.15, -0.1) is 0 Å². The summed E-state index contributed by atoms with van der Waals surface area (Å²) < 4.78 is 81.2. The summed E-state index contributed by atoms with van der Waals surface area (Å²) in [5.41, 5.74) is 4.40. The van der Waals surface area contributed by atoms with E-state index in [2.05, 4.69) is 29.9 Å². The Bertz CT molecular complexity index is 2350. The lowest BCUT2D eigenvalue weighted by Gasteiger charge is -2.32. The molecule has 2 aliphatic heterocycles. The summed E-state index contributed by atoms with van der Waals surface area (Å²) in [4.78, 5) is 49.5. The number of hydrogen-bond acceptors (Lipinski definition) is 20. The molecule has 57 heavy (non-hydrogen) atoms. The Morgan fingerprint density at radius 3 is 2.61 bits per heavy atom. The lowest BCUT2D eigenvalue weighted by molar-refractivity contribution is -0.150. The van der Waals surface area contributed by atoms with Gasteiger partial charge in [-0.1, -0.05) is 0 Å². The van der Waals surface area contributed by atoms with Crippen molar-refractivity contribution in [2.75, 3.05) is 38.6 Å². The fourth-order valence-corrected chi connectivity index (χ4v) is 12.1. The summed E-state index contributed by atoms with van der Waals surface area (Å²) in [6.45, 7) is 2.90. The second kappa shape index (κ2) is 14.7. The maximum absolute atomic E-state index is 15.0. The molecule has 6 heterocycles. The standard InChI is InChI=1S/C32H43N9O13P2S/c1-7-49-55(45)51-10-32-8-16(32)20(40-12-36-18-25(33)34-11-35-26(18)40)21(42)24(32)54-56(46,57-14-48-30(44)31(3,4)5)50-9-17-22(47-6)23(53-55)29(52-17)41-13-37-19-27(41)38-15(2)39-28(19)43/h11-13,16-17,20-24,29,42H,7-10,14H2,1-6H3,(H2,33,34,35)(H,38,39,43)/t16-,17-,20-,21+,22-,23-,24+,29-,32?,55-,56-/m1/s1. The number of aliphatic hydroxyl groups excluding tert-OH is 1. The van der Waals surface area contributed by atoms with Gasteiger partial charge in [-0.05, 0) is 47.0 Å².